The molecule has 0 saturated heterocycles. The van der Waals surface area contributed by atoms with Gasteiger partial charge >= 0.3 is 0 Å². The molecule has 3 heteroatoms. The molecule has 0 unspecified atom stereocenters. The summed E-state index contributed by atoms with van der Waals surface area (Å²) in [5.74, 6) is 0.373. The summed E-state index contributed by atoms with van der Waals surface area (Å²) in [6, 6.07) is 0. The smallest absolute Gasteiger partial charge is 0.157 e. The Balaban J connectivity index is 4.11. The van der Waals surface area contributed by atoms with Gasteiger partial charge in [-0.2, -0.15) is 0 Å². The molecule has 0 spiro atoms. The molecule has 0 amide bonds. The average Bonchev–Trinajstić information content (AvgIpc) is 2.52. The van der Waals surface area contributed by atoms with Crippen molar-refractivity contribution in [3.63, 3.8) is 0 Å². The Kier molecular flexibility index (Phi) is 13.5. The molecule has 136 valence electrons. The lowest BCUT2D eigenvalue weighted by molar-refractivity contribution is 0.601. The van der Waals surface area contributed by atoms with E-state index in [0.717, 1.165) is 12.8 Å². The van der Waals surface area contributed by atoms with E-state index in [-0.39, 0.29) is 11.5 Å². The minimum absolute atomic E-state index is 0.187. The highest BCUT2D eigenvalue weighted by atomic mass is 32.2. The first-order chi connectivity index (χ1) is 10.9. The van der Waals surface area contributed by atoms with Gasteiger partial charge in [-0.15, -0.1) is 0 Å². The van der Waals surface area contributed by atoms with E-state index in [0.29, 0.717) is 0 Å². The van der Waals surface area contributed by atoms with Gasteiger partial charge in [0, 0.05) is 0 Å². The third kappa shape index (κ3) is 14.7. The van der Waals surface area contributed by atoms with Crippen molar-refractivity contribution in [2.24, 2.45) is 0 Å². The molecule has 0 aromatic rings. The second kappa shape index (κ2) is 13.8. The van der Waals surface area contributed by atoms with Crippen LogP contribution in [-0.2, 0) is 9.84 Å². The van der Waals surface area contributed by atoms with E-state index < -0.39 is 9.84 Å². The van der Waals surface area contributed by atoms with Gasteiger partial charge in [0.05, 0.1) is 11.5 Å². The van der Waals surface area contributed by atoms with Crippen LogP contribution in [0.3, 0.4) is 0 Å². The Hall–Kier alpha value is -0.570. The summed E-state index contributed by atoms with van der Waals surface area (Å²) in [5.41, 5.74) is 2.43. The van der Waals surface area contributed by atoms with Crippen LogP contribution in [-0.4, -0.2) is 19.9 Å². The van der Waals surface area contributed by atoms with E-state index in [2.05, 4.69) is 27.7 Å². The van der Waals surface area contributed by atoms with Crippen LogP contribution in [0.2, 0.25) is 0 Å². The van der Waals surface area contributed by atoms with E-state index in [1.165, 1.54) is 62.5 Å². The zero-order chi connectivity index (χ0) is 17.6. The van der Waals surface area contributed by atoms with Crippen LogP contribution >= 0.6 is 0 Å². The van der Waals surface area contributed by atoms with E-state index in [9.17, 15) is 8.42 Å². The topological polar surface area (TPSA) is 34.1 Å². The normalized spacial score (nSPS) is 13.6. The summed E-state index contributed by atoms with van der Waals surface area (Å²) in [4.78, 5) is 0. The van der Waals surface area contributed by atoms with Gasteiger partial charge in [-0.1, -0.05) is 75.7 Å². The Morgan fingerprint density at radius 1 is 0.696 bits per heavy atom. The van der Waals surface area contributed by atoms with Crippen LogP contribution < -0.4 is 0 Å². The van der Waals surface area contributed by atoms with Crippen molar-refractivity contribution in [1.82, 2.24) is 0 Å². The Labute approximate surface area is 145 Å². The summed E-state index contributed by atoms with van der Waals surface area (Å²) in [5, 5.41) is 0. The van der Waals surface area contributed by atoms with Crippen LogP contribution in [0.4, 0.5) is 0 Å². The van der Waals surface area contributed by atoms with Crippen molar-refractivity contribution in [2.45, 2.75) is 91.9 Å². The molecule has 0 heterocycles. The minimum Gasteiger partial charge on any atom is -0.228 e. The van der Waals surface area contributed by atoms with Gasteiger partial charge in [-0.05, 0) is 39.5 Å². The second-order valence-corrected chi connectivity index (χ2v) is 8.95. The molecule has 0 bridgehead atoms. The first-order valence-electron chi connectivity index (χ1n) is 9.43. The van der Waals surface area contributed by atoms with Crippen molar-refractivity contribution in [1.29, 1.82) is 0 Å². The summed E-state index contributed by atoms with van der Waals surface area (Å²) < 4.78 is 24.2. The zero-order valence-electron chi connectivity index (χ0n) is 15.9. The summed E-state index contributed by atoms with van der Waals surface area (Å²) in [6.07, 6.45) is 15.7. The Morgan fingerprint density at radius 2 is 1.09 bits per heavy atom. The van der Waals surface area contributed by atoms with Gasteiger partial charge in [0.1, 0.15) is 0 Å². The predicted molar refractivity (Wildman–Crippen MR) is 104 cm³/mol. The van der Waals surface area contributed by atoms with Gasteiger partial charge in [0.15, 0.2) is 9.84 Å². The van der Waals surface area contributed by atoms with Crippen LogP contribution in [0, 0.1) is 0 Å². The maximum Gasteiger partial charge on any atom is 0.157 e. The lowest BCUT2D eigenvalue weighted by atomic mass is 10.1. The largest absolute Gasteiger partial charge is 0.228 e. The lowest BCUT2D eigenvalue weighted by Gasteiger charge is -2.04. The predicted octanol–water partition coefficient (Wildman–Crippen LogP) is 6.23. The SMILES string of the molecule is CCCCCCC(C)=CCS(=O)(=O)CC=C(C)CCCCCC. The molecule has 0 fully saturated rings. The monoisotopic (exact) mass is 342 g/mol. The van der Waals surface area contributed by atoms with Crippen LogP contribution in [0.5, 0.6) is 0 Å². The molecule has 0 N–H and O–H groups in total. The second-order valence-electron chi connectivity index (χ2n) is 6.80. The number of unbranched alkanes of at least 4 members (excludes halogenated alkanes) is 6. The lowest BCUT2D eigenvalue weighted by Crippen LogP contribution is -2.08. The highest BCUT2D eigenvalue weighted by Crippen LogP contribution is 2.12. The molecule has 0 rings (SSSR count). The highest BCUT2D eigenvalue weighted by molar-refractivity contribution is 7.91. The molecule has 0 aromatic heterocycles. The molecular weight excluding hydrogens is 304 g/mol. The van der Waals surface area contributed by atoms with Crippen LogP contribution in [0.15, 0.2) is 23.3 Å². The highest BCUT2D eigenvalue weighted by Gasteiger charge is 2.07. The van der Waals surface area contributed by atoms with Crippen molar-refractivity contribution in [3.8, 4) is 0 Å². The molecule has 23 heavy (non-hydrogen) atoms. The van der Waals surface area contributed by atoms with E-state index in [1.54, 1.807) is 0 Å². The van der Waals surface area contributed by atoms with Crippen molar-refractivity contribution in [3.05, 3.63) is 23.3 Å². The summed E-state index contributed by atoms with van der Waals surface area (Å²) >= 11 is 0. The van der Waals surface area contributed by atoms with Crippen molar-refractivity contribution >= 4 is 9.84 Å². The first-order valence-corrected chi connectivity index (χ1v) is 11.2. The molecule has 0 atom stereocenters. The third-order valence-electron chi connectivity index (χ3n) is 4.22. The van der Waals surface area contributed by atoms with Gasteiger partial charge in [0.25, 0.3) is 0 Å². The standard InChI is InChI=1S/C20H38O2S/c1-5-7-9-11-13-19(3)15-17-23(21,22)18-16-20(4)14-12-10-8-6-2/h15-16H,5-14,17-18H2,1-4H3. The molecule has 0 aromatic carbocycles. The minimum atomic E-state index is -3.00. The fourth-order valence-corrected chi connectivity index (χ4v) is 3.68. The zero-order valence-corrected chi connectivity index (χ0v) is 16.7. The maximum atomic E-state index is 12.1. The molecule has 0 radical (unpaired) electrons. The van der Waals surface area contributed by atoms with E-state index in [1.807, 2.05) is 12.2 Å². The number of rotatable bonds is 14. The molecule has 2 nitrogen and oxygen atoms in total. The fraction of sp³-hybridized carbons (Fsp3) is 0.800. The average molecular weight is 343 g/mol. The fourth-order valence-electron chi connectivity index (χ4n) is 2.47. The van der Waals surface area contributed by atoms with Crippen molar-refractivity contribution in [2.75, 3.05) is 11.5 Å². The quantitative estimate of drug-likeness (QED) is 0.277. The molecule has 0 aliphatic carbocycles. The molecular formula is C20H38O2S. The molecule has 0 aliphatic heterocycles. The Bertz CT molecular complexity index is 408. The van der Waals surface area contributed by atoms with Crippen LogP contribution in [0.25, 0.3) is 0 Å². The summed E-state index contributed by atoms with van der Waals surface area (Å²) in [7, 11) is -3.00. The van der Waals surface area contributed by atoms with Gasteiger partial charge in [-0.3, -0.25) is 0 Å². The Morgan fingerprint density at radius 3 is 1.43 bits per heavy atom. The number of sulfone groups is 1. The number of allylic oxidation sites excluding steroid dienone is 2. The van der Waals surface area contributed by atoms with Gasteiger partial charge in [-0.25, -0.2) is 8.42 Å². The van der Waals surface area contributed by atoms with Gasteiger partial charge < -0.3 is 0 Å². The first kappa shape index (κ1) is 22.4. The number of hydrogen-bond acceptors (Lipinski definition) is 2. The van der Waals surface area contributed by atoms with E-state index >= 15 is 0 Å². The third-order valence-corrected chi connectivity index (χ3v) is 5.57. The molecule has 0 saturated carbocycles. The van der Waals surface area contributed by atoms with Crippen molar-refractivity contribution < 1.29 is 8.42 Å². The van der Waals surface area contributed by atoms with E-state index in [4.69, 9.17) is 0 Å². The molecule has 0 aliphatic rings. The maximum absolute atomic E-state index is 12.1. The van der Waals surface area contributed by atoms with Crippen LogP contribution in [0.1, 0.15) is 91.9 Å². The van der Waals surface area contributed by atoms with Gasteiger partial charge in [0.2, 0.25) is 0 Å². The number of hydrogen-bond donors (Lipinski definition) is 0. The summed E-state index contributed by atoms with van der Waals surface area (Å²) in [6.45, 7) is 8.51.